The first-order chi connectivity index (χ1) is 17.4. The quantitative estimate of drug-likeness (QED) is 0.294. The monoisotopic (exact) mass is 508 g/mol. The van der Waals surface area contributed by atoms with Crippen molar-refractivity contribution in [3.8, 4) is 11.8 Å². The van der Waals surface area contributed by atoms with Crippen molar-refractivity contribution in [3.05, 3.63) is 77.2 Å². The molecule has 0 spiro atoms. The highest BCUT2D eigenvalue weighted by atomic mass is 32.2. The van der Waals surface area contributed by atoms with Crippen LogP contribution in [-0.2, 0) is 12.7 Å². The molecule has 0 aliphatic carbocycles. The van der Waals surface area contributed by atoms with Crippen LogP contribution in [0, 0.1) is 18.8 Å². The number of aryl methyl sites for hydroxylation is 1. The number of aromatic nitrogens is 3. The van der Waals surface area contributed by atoms with Crippen molar-refractivity contribution in [1.82, 2.24) is 19.9 Å². The van der Waals surface area contributed by atoms with Gasteiger partial charge in [0.15, 0.2) is 5.58 Å². The van der Waals surface area contributed by atoms with Crippen LogP contribution in [-0.4, -0.2) is 32.9 Å². The van der Waals surface area contributed by atoms with Gasteiger partial charge in [-0.3, -0.25) is 9.88 Å². The summed E-state index contributed by atoms with van der Waals surface area (Å²) < 4.78 is 46.9. The van der Waals surface area contributed by atoms with E-state index < -0.39 is 11.7 Å². The van der Waals surface area contributed by atoms with Gasteiger partial charge < -0.3 is 4.42 Å². The van der Waals surface area contributed by atoms with E-state index in [9.17, 15) is 13.2 Å². The molecule has 1 aliphatic rings. The Bertz CT molecular complexity index is 1430. The zero-order valence-electron chi connectivity index (χ0n) is 19.6. The van der Waals surface area contributed by atoms with Gasteiger partial charge in [0, 0.05) is 30.0 Å². The lowest BCUT2D eigenvalue weighted by atomic mass is 10.1. The van der Waals surface area contributed by atoms with E-state index in [4.69, 9.17) is 4.42 Å². The molecule has 0 saturated carbocycles. The second kappa shape index (κ2) is 10.3. The van der Waals surface area contributed by atoms with Gasteiger partial charge in [0.25, 0.3) is 0 Å². The van der Waals surface area contributed by atoms with E-state index in [1.165, 1.54) is 42.9 Å². The van der Waals surface area contributed by atoms with Gasteiger partial charge in [-0.25, -0.2) is 9.97 Å². The predicted molar refractivity (Wildman–Crippen MR) is 131 cm³/mol. The molecule has 0 bridgehead atoms. The maximum Gasteiger partial charge on any atom is 0.416 e. The lowest BCUT2D eigenvalue weighted by molar-refractivity contribution is -0.137. The molecule has 4 aromatic rings. The highest BCUT2D eigenvalue weighted by Crippen LogP contribution is 2.39. The van der Waals surface area contributed by atoms with Gasteiger partial charge >= 0.3 is 6.18 Å². The second-order valence-electron chi connectivity index (χ2n) is 8.77. The van der Waals surface area contributed by atoms with Crippen molar-refractivity contribution in [2.75, 3.05) is 13.1 Å². The van der Waals surface area contributed by atoms with Crippen molar-refractivity contribution in [3.63, 3.8) is 0 Å². The third-order valence-corrected chi connectivity index (χ3v) is 6.99. The summed E-state index contributed by atoms with van der Waals surface area (Å²) in [7, 11) is 0. The number of hydrogen-bond donors (Lipinski definition) is 0. The van der Waals surface area contributed by atoms with Crippen molar-refractivity contribution in [1.29, 1.82) is 0 Å². The number of halogens is 3. The number of fused-ring (bicyclic) bond motifs is 1. The summed E-state index contributed by atoms with van der Waals surface area (Å²) in [6.07, 6.45) is 6.80. The van der Waals surface area contributed by atoms with Gasteiger partial charge in [-0.2, -0.15) is 13.2 Å². The molecule has 1 saturated heterocycles. The molecule has 1 fully saturated rings. The topological polar surface area (TPSA) is 55.1 Å². The van der Waals surface area contributed by atoms with Crippen LogP contribution < -0.4 is 0 Å². The Hall–Kier alpha value is -3.35. The van der Waals surface area contributed by atoms with Gasteiger partial charge in [-0.05, 0) is 62.2 Å². The molecule has 184 valence electrons. The number of piperidine rings is 1. The average Bonchev–Trinajstić information content (AvgIpc) is 3.26. The van der Waals surface area contributed by atoms with E-state index in [1.54, 1.807) is 18.6 Å². The highest BCUT2D eigenvalue weighted by Gasteiger charge is 2.31. The fourth-order valence-electron chi connectivity index (χ4n) is 4.24. The lowest BCUT2D eigenvalue weighted by Crippen LogP contribution is -2.29. The van der Waals surface area contributed by atoms with E-state index in [1.807, 2.05) is 13.0 Å². The zero-order valence-corrected chi connectivity index (χ0v) is 20.4. The Kier molecular flexibility index (Phi) is 6.99. The van der Waals surface area contributed by atoms with Crippen LogP contribution in [0.4, 0.5) is 13.2 Å². The standard InChI is InChI=1S/C27H23F3N4OS/c1-18-12-33-25-24(16-35-26(25)23(18)6-5-19-13-31-17-32-14-19)36-22-10-20(9-21(11-22)27(28,29)30)15-34-7-3-2-4-8-34/h9-14,16-17H,2-4,7-8,15H2,1H3. The molecular formula is C27H23F3N4OS. The number of likely N-dealkylation sites (tertiary alicyclic amines) is 1. The fraction of sp³-hybridized carbons (Fsp3) is 0.296. The number of pyridine rings is 1. The Balaban J connectivity index is 1.48. The van der Waals surface area contributed by atoms with Gasteiger partial charge in [0.05, 0.1) is 21.6 Å². The summed E-state index contributed by atoms with van der Waals surface area (Å²) in [5.74, 6) is 6.13. The van der Waals surface area contributed by atoms with E-state index in [0.717, 1.165) is 31.5 Å². The molecule has 0 N–H and O–H groups in total. The number of benzene rings is 1. The van der Waals surface area contributed by atoms with Crippen LogP contribution in [0.15, 0.2) is 63.6 Å². The van der Waals surface area contributed by atoms with Gasteiger partial charge in [-0.1, -0.05) is 30.0 Å². The number of alkyl halides is 3. The highest BCUT2D eigenvalue weighted by molar-refractivity contribution is 7.99. The Morgan fingerprint density at radius 2 is 1.81 bits per heavy atom. The van der Waals surface area contributed by atoms with Crippen LogP contribution >= 0.6 is 11.8 Å². The number of furan rings is 1. The van der Waals surface area contributed by atoms with Crippen LogP contribution in [0.2, 0.25) is 0 Å². The molecule has 9 heteroatoms. The molecular weight excluding hydrogens is 485 g/mol. The van der Waals surface area contributed by atoms with E-state index >= 15 is 0 Å². The number of rotatable bonds is 4. The lowest BCUT2D eigenvalue weighted by Gasteiger charge is -2.26. The Morgan fingerprint density at radius 3 is 2.56 bits per heavy atom. The third-order valence-electron chi connectivity index (χ3n) is 6.01. The molecule has 0 amide bonds. The van der Waals surface area contributed by atoms with E-state index in [2.05, 4.69) is 31.7 Å². The molecule has 4 heterocycles. The van der Waals surface area contributed by atoms with Crippen LogP contribution in [0.3, 0.4) is 0 Å². The minimum atomic E-state index is -4.43. The molecule has 36 heavy (non-hydrogen) atoms. The summed E-state index contributed by atoms with van der Waals surface area (Å²) in [4.78, 5) is 15.8. The third kappa shape index (κ3) is 5.55. The number of nitrogens with zero attached hydrogens (tertiary/aromatic N) is 4. The van der Waals surface area contributed by atoms with E-state index in [-0.39, 0.29) is 0 Å². The summed E-state index contributed by atoms with van der Waals surface area (Å²) >= 11 is 1.22. The molecule has 0 radical (unpaired) electrons. The first-order valence-corrected chi connectivity index (χ1v) is 12.4. The van der Waals surface area contributed by atoms with Crippen LogP contribution in [0.1, 0.15) is 47.1 Å². The van der Waals surface area contributed by atoms with Crippen molar-refractivity contribution in [2.24, 2.45) is 0 Å². The maximum atomic E-state index is 13.7. The predicted octanol–water partition coefficient (Wildman–Crippen LogP) is 6.48. The van der Waals surface area contributed by atoms with Crippen LogP contribution in [0.5, 0.6) is 0 Å². The minimum Gasteiger partial charge on any atom is -0.460 e. The number of hydrogen-bond acceptors (Lipinski definition) is 6. The van der Waals surface area contributed by atoms with Gasteiger partial charge in [-0.15, -0.1) is 0 Å². The second-order valence-corrected chi connectivity index (χ2v) is 9.89. The molecule has 5 nitrogen and oxygen atoms in total. The Morgan fingerprint density at radius 1 is 1.03 bits per heavy atom. The summed E-state index contributed by atoms with van der Waals surface area (Å²) in [6, 6.07) is 4.28. The first-order valence-electron chi connectivity index (χ1n) is 11.6. The maximum absolute atomic E-state index is 13.7. The molecule has 5 rings (SSSR count). The molecule has 1 aliphatic heterocycles. The average molecular weight is 509 g/mol. The molecule has 3 aromatic heterocycles. The zero-order chi connectivity index (χ0) is 25.1. The minimum absolute atomic E-state index is 0.496. The van der Waals surface area contributed by atoms with Gasteiger partial charge in [0.1, 0.15) is 18.1 Å². The fourth-order valence-corrected chi connectivity index (χ4v) is 5.23. The van der Waals surface area contributed by atoms with Crippen molar-refractivity contribution in [2.45, 2.75) is 48.7 Å². The molecule has 1 aromatic carbocycles. The molecule has 0 unspecified atom stereocenters. The largest absolute Gasteiger partial charge is 0.460 e. The van der Waals surface area contributed by atoms with Crippen molar-refractivity contribution < 1.29 is 17.6 Å². The Labute approximate surface area is 211 Å². The van der Waals surface area contributed by atoms with E-state index in [0.29, 0.717) is 44.1 Å². The summed E-state index contributed by atoms with van der Waals surface area (Å²) in [5, 5.41) is 0. The smallest absolute Gasteiger partial charge is 0.416 e. The van der Waals surface area contributed by atoms with Crippen LogP contribution in [0.25, 0.3) is 11.1 Å². The molecule has 0 atom stereocenters. The summed E-state index contributed by atoms with van der Waals surface area (Å²) in [5.41, 5.74) is 3.24. The summed E-state index contributed by atoms with van der Waals surface area (Å²) in [6.45, 7) is 4.21. The SMILES string of the molecule is Cc1cnc2c(Sc3cc(CN4CCCCC4)cc(C(F)(F)F)c3)coc2c1C#Cc1cncnc1. The normalized spacial score (nSPS) is 14.6. The van der Waals surface area contributed by atoms with Gasteiger partial charge in [0.2, 0.25) is 0 Å². The first kappa shape index (κ1) is 24.3. The van der Waals surface area contributed by atoms with Crippen molar-refractivity contribution >= 4 is 22.9 Å².